The van der Waals surface area contributed by atoms with Crippen LogP contribution in [0.1, 0.15) is 0 Å². The van der Waals surface area contributed by atoms with Gasteiger partial charge >= 0.3 is 0 Å². The van der Waals surface area contributed by atoms with Gasteiger partial charge < -0.3 is 22.6 Å². The lowest BCUT2D eigenvalue weighted by Crippen LogP contribution is -2.37. The van der Waals surface area contributed by atoms with E-state index in [1.807, 2.05) is 0 Å². The van der Waals surface area contributed by atoms with Crippen LogP contribution in [0.5, 0.6) is 0 Å². The van der Waals surface area contributed by atoms with E-state index in [9.17, 15) is 0 Å². The number of nitrogens with two attached hydrogens (primary N) is 1. The molecule has 0 unspecified atom stereocenters. The van der Waals surface area contributed by atoms with E-state index in [2.05, 4.69) is 78.6 Å². The van der Waals surface area contributed by atoms with E-state index in [4.69, 9.17) is 22.6 Å². The predicted molar refractivity (Wildman–Crippen MR) is 120 cm³/mol. The van der Waals surface area contributed by atoms with Crippen molar-refractivity contribution in [1.82, 2.24) is 0 Å². The Morgan fingerprint density at radius 1 is 0.500 bits per heavy atom. The molecule has 0 aliphatic rings. The molecular formula is C13H39NO4P2Si4. The minimum Gasteiger partial charge on any atom is -0.375 e. The zero-order chi connectivity index (χ0) is 19.6. The Morgan fingerprint density at radius 2 is 0.667 bits per heavy atom. The summed E-state index contributed by atoms with van der Waals surface area (Å²) in [6.45, 7) is 26.0. The Kier molecular flexibility index (Phi) is 9.73. The molecule has 0 aliphatic heterocycles. The van der Waals surface area contributed by atoms with Gasteiger partial charge in [0.2, 0.25) is 0 Å². The van der Waals surface area contributed by atoms with Crippen LogP contribution in [0.15, 0.2) is 0 Å². The molecule has 0 radical (unpaired) electrons. The molecule has 0 heterocycles. The molecule has 0 aromatic rings. The van der Waals surface area contributed by atoms with Gasteiger partial charge in [0.15, 0.2) is 50.0 Å². The van der Waals surface area contributed by atoms with Crippen LogP contribution < -0.4 is 5.73 Å². The highest BCUT2D eigenvalue weighted by Crippen LogP contribution is 2.62. The van der Waals surface area contributed by atoms with Crippen molar-refractivity contribution in [3.63, 3.8) is 0 Å². The van der Waals surface area contributed by atoms with Gasteiger partial charge in [-0.05, 0) is 78.6 Å². The van der Waals surface area contributed by atoms with Gasteiger partial charge in [-0.3, -0.25) is 0 Å². The van der Waals surface area contributed by atoms with Gasteiger partial charge in [-0.15, -0.1) is 0 Å². The number of hydrogen-bond acceptors (Lipinski definition) is 5. The quantitative estimate of drug-likeness (QED) is 0.316. The molecule has 5 nitrogen and oxygen atoms in total. The molecule has 146 valence electrons. The SMILES string of the molecule is C[Si](C)(C)OP(O[Si](C)(C)C)C(N)P(O[Si](C)(C)C)O[Si](C)(C)C. The van der Waals surface area contributed by atoms with E-state index in [1.165, 1.54) is 0 Å². The van der Waals surface area contributed by atoms with Gasteiger partial charge in [-0.25, -0.2) is 0 Å². The van der Waals surface area contributed by atoms with Crippen LogP contribution in [0.4, 0.5) is 0 Å². The van der Waals surface area contributed by atoms with E-state index in [0.717, 1.165) is 0 Å². The summed E-state index contributed by atoms with van der Waals surface area (Å²) in [7, 11) is -9.55. The lowest BCUT2D eigenvalue weighted by molar-refractivity contribution is 0.458. The van der Waals surface area contributed by atoms with Gasteiger partial charge in [0.1, 0.15) is 5.52 Å². The highest BCUT2D eigenvalue weighted by atomic mass is 31.2. The second-order valence-electron chi connectivity index (χ2n) is 9.80. The zero-order valence-corrected chi connectivity index (χ0v) is 23.5. The summed E-state index contributed by atoms with van der Waals surface area (Å²) in [6.07, 6.45) is 0. The van der Waals surface area contributed by atoms with E-state index in [0.29, 0.717) is 0 Å². The first-order valence-corrected chi connectivity index (χ1v) is 24.5. The summed E-state index contributed by atoms with van der Waals surface area (Å²) >= 11 is 0. The maximum atomic E-state index is 6.64. The first-order valence-electron chi connectivity index (χ1n) is 8.40. The maximum Gasteiger partial charge on any atom is 0.191 e. The van der Waals surface area contributed by atoms with Gasteiger partial charge in [0, 0.05) is 0 Å². The molecule has 0 aromatic carbocycles. The molecule has 0 atom stereocenters. The van der Waals surface area contributed by atoms with Crippen molar-refractivity contribution in [2.75, 3.05) is 0 Å². The Morgan fingerprint density at radius 3 is 0.792 bits per heavy atom. The molecule has 0 aliphatic carbocycles. The molecule has 2 N–H and O–H groups in total. The largest absolute Gasteiger partial charge is 0.375 e. The molecule has 0 fully saturated rings. The van der Waals surface area contributed by atoms with Crippen molar-refractivity contribution in [2.24, 2.45) is 5.73 Å². The first-order chi connectivity index (χ1) is 10.3. The molecule has 24 heavy (non-hydrogen) atoms. The Hall–Kier alpha value is 1.53. The molecular weight excluding hydrogens is 408 g/mol. The third-order valence-corrected chi connectivity index (χ3v) is 15.5. The lowest BCUT2D eigenvalue weighted by atomic mass is 11.5. The van der Waals surface area contributed by atoms with E-state index in [1.54, 1.807) is 0 Å². The van der Waals surface area contributed by atoms with Crippen LogP contribution in [0, 0.1) is 0 Å². The monoisotopic (exact) mass is 447 g/mol. The smallest absolute Gasteiger partial charge is 0.191 e. The van der Waals surface area contributed by atoms with Gasteiger partial charge in [-0.1, -0.05) is 0 Å². The average molecular weight is 448 g/mol. The highest BCUT2D eigenvalue weighted by Gasteiger charge is 2.41. The lowest BCUT2D eigenvalue weighted by Gasteiger charge is -2.39. The van der Waals surface area contributed by atoms with Crippen LogP contribution in [-0.2, 0) is 16.9 Å². The van der Waals surface area contributed by atoms with Crippen molar-refractivity contribution in [1.29, 1.82) is 0 Å². The summed E-state index contributed by atoms with van der Waals surface area (Å²) in [5, 5.41) is 0. The molecule has 0 saturated heterocycles. The summed E-state index contributed by atoms with van der Waals surface area (Å²) < 4.78 is 25.5. The van der Waals surface area contributed by atoms with Gasteiger partial charge in [-0.2, -0.15) is 0 Å². The molecule has 11 heteroatoms. The van der Waals surface area contributed by atoms with Crippen LogP contribution in [-0.4, -0.2) is 38.8 Å². The van der Waals surface area contributed by atoms with Crippen molar-refractivity contribution >= 4 is 50.0 Å². The molecule has 0 spiro atoms. The van der Waals surface area contributed by atoms with Crippen molar-refractivity contribution in [2.45, 2.75) is 84.1 Å². The van der Waals surface area contributed by atoms with E-state index >= 15 is 0 Å². The number of hydrogen-bond donors (Lipinski definition) is 1. The minimum atomic E-state index is -1.78. The topological polar surface area (TPSA) is 62.9 Å². The standard InChI is InChI=1S/C13H39NO4P2Si4/c1-21(2,3)15-19(16-22(4,5)6)13(14)20(17-23(7,8)9)18-24(10,11)12/h13H,14H2,1-12H3. The third-order valence-electron chi connectivity index (χ3n) is 1.89. The fourth-order valence-corrected chi connectivity index (χ4v) is 15.1. The Bertz CT molecular complexity index is 323. The zero-order valence-electron chi connectivity index (χ0n) is 17.7. The fraction of sp³-hybridized carbons (Fsp3) is 1.00. The van der Waals surface area contributed by atoms with Crippen LogP contribution in [0.25, 0.3) is 0 Å². The first kappa shape index (κ1) is 25.5. The second-order valence-corrected chi connectivity index (χ2v) is 32.3. The molecule has 0 amide bonds. The number of rotatable bonds is 10. The summed E-state index contributed by atoms with van der Waals surface area (Å²) in [5.41, 5.74) is 6.31. The van der Waals surface area contributed by atoms with Crippen LogP contribution in [0.2, 0.25) is 78.6 Å². The molecule has 0 saturated carbocycles. The van der Waals surface area contributed by atoms with E-state index < -0.39 is 50.0 Å². The van der Waals surface area contributed by atoms with Crippen molar-refractivity contribution in [3.05, 3.63) is 0 Å². The third kappa shape index (κ3) is 13.7. The summed E-state index contributed by atoms with van der Waals surface area (Å²) in [4.78, 5) is 0. The fourth-order valence-electron chi connectivity index (χ4n) is 1.41. The average Bonchev–Trinajstić information content (AvgIpc) is 2.17. The Labute approximate surface area is 156 Å². The summed E-state index contributed by atoms with van der Waals surface area (Å²) in [6, 6.07) is 0. The van der Waals surface area contributed by atoms with Crippen LogP contribution in [0.3, 0.4) is 0 Å². The minimum absolute atomic E-state index is 0.327. The Balaban J connectivity index is 5.48. The highest BCUT2D eigenvalue weighted by molar-refractivity contribution is 7.69. The van der Waals surface area contributed by atoms with Crippen LogP contribution >= 0.6 is 16.8 Å². The molecule has 0 rings (SSSR count). The van der Waals surface area contributed by atoms with Crippen molar-refractivity contribution < 1.29 is 16.9 Å². The van der Waals surface area contributed by atoms with E-state index in [-0.39, 0.29) is 5.52 Å². The normalized spacial score (nSPS) is 15.0. The summed E-state index contributed by atoms with van der Waals surface area (Å²) in [5.74, 6) is 0. The molecule has 0 bridgehead atoms. The maximum absolute atomic E-state index is 6.64. The second kappa shape index (κ2) is 9.15. The molecule has 0 aromatic heterocycles. The van der Waals surface area contributed by atoms with Gasteiger partial charge in [0.05, 0.1) is 0 Å². The van der Waals surface area contributed by atoms with Crippen molar-refractivity contribution in [3.8, 4) is 0 Å². The van der Waals surface area contributed by atoms with Gasteiger partial charge in [0.25, 0.3) is 0 Å². The predicted octanol–water partition coefficient (Wildman–Crippen LogP) is 6.26.